The molecule has 0 bridgehead atoms. The van der Waals surface area contributed by atoms with Crippen LogP contribution in [0.4, 0.5) is 0 Å². The average molecular weight is 497 g/mol. The molecule has 0 fully saturated rings. The Labute approximate surface area is 215 Å². The number of rotatable bonds is 9. The number of ether oxygens (including phenoxy) is 2. The van der Waals surface area contributed by atoms with Crippen LogP contribution in [0, 0.1) is 6.92 Å². The van der Waals surface area contributed by atoms with E-state index in [0.29, 0.717) is 29.4 Å². The van der Waals surface area contributed by atoms with Gasteiger partial charge in [0.05, 0.1) is 6.54 Å². The Kier molecular flexibility index (Phi) is 6.94. The Morgan fingerprint density at radius 1 is 0.919 bits per heavy atom. The summed E-state index contributed by atoms with van der Waals surface area (Å²) in [6.45, 7) is 6.58. The summed E-state index contributed by atoms with van der Waals surface area (Å²) in [5, 5.41) is 1.82. The van der Waals surface area contributed by atoms with E-state index in [9.17, 15) is 9.59 Å². The quantitative estimate of drug-likeness (QED) is 0.293. The highest BCUT2D eigenvalue weighted by Gasteiger charge is 2.24. The Balaban J connectivity index is 1.40. The number of hydrogen-bond acceptors (Lipinski definition) is 5. The van der Waals surface area contributed by atoms with Gasteiger partial charge in [0.1, 0.15) is 18.1 Å². The van der Waals surface area contributed by atoms with Gasteiger partial charge in [0, 0.05) is 18.7 Å². The molecular formula is C30H28N2O5. The molecule has 1 aliphatic rings. The van der Waals surface area contributed by atoms with Crippen molar-refractivity contribution < 1.29 is 23.5 Å². The third kappa shape index (κ3) is 5.35. The maximum atomic E-state index is 13.7. The van der Waals surface area contributed by atoms with E-state index in [2.05, 4.69) is 6.58 Å². The van der Waals surface area contributed by atoms with Gasteiger partial charge in [-0.15, -0.1) is 6.58 Å². The summed E-state index contributed by atoms with van der Waals surface area (Å²) in [6, 6.07) is 22.7. The van der Waals surface area contributed by atoms with E-state index in [1.807, 2.05) is 73.7 Å². The zero-order valence-corrected chi connectivity index (χ0v) is 20.7. The molecule has 0 spiro atoms. The van der Waals surface area contributed by atoms with Crippen molar-refractivity contribution in [1.82, 2.24) is 9.80 Å². The van der Waals surface area contributed by atoms with Gasteiger partial charge in [0.25, 0.3) is 5.91 Å². The topological polar surface area (TPSA) is 72.2 Å². The molecule has 0 N–H and O–H groups in total. The summed E-state index contributed by atoms with van der Waals surface area (Å²) >= 11 is 0. The normalized spacial score (nSPS) is 11.9. The number of hydrogen-bond donors (Lipinski definition) is 0. The highest BCUT2D eigenvalue weighted by atomic mass is 16.7. The van der Waals surface area contributed by atoms with E-state index in [4.69, 9.17) is 13.9 Å². The van der Waals surface area contributed by atoms with Gasteiger partial charge in [-0.2, -0.15) is 0 Å². The fourth-order valence-corrected chi connectivity index (χ4v) is 4.47. The SMILES string of the molecule is C=CCN(CC(=O)N(Cc1ccc2c(c1)OCO2)Cc1ccc(C)o1)C(=O)c1cccc2ccccc12. The first-order chi connectivity index (χ1) is 18.0. The van der Waals surface area contributed by atoms with Crippen molar-refractivity contribution in [1.29, 1.82) is 0 Å². The number of carbonyl (C=O) groups excluding carboxylic acids is 2. The highest BCUT2D eigenvalue weighted by Crippen LogP contribution is 2.33. The summed E-state index contributed by atoms with van der Waals surface area (Å²) in [4.78, 5) is 30.5. The Morgan fingerprint density at radius 3 is 2.54 bits per heavy atom. The lowest BCUT2D eigenvalue weighted by atomic mass is 10.0. The molecule has 0 aliphatic carbocycles. The lowest BCUT2D eigenvalue weighted by Gasteiger charge is -2.27. The van der Waals surface area contributed by atoms with Crippen molar-refractivity contribution in [3.05, 3.63) is 108 Å². The third-order valence-corrected chi connectivity index (χ3v) is 6.29. The van der Waals surface area contributed by atoms with Crippen LogP contribution in [0.15, 0.2) is 89.9 Å². The minimum absolute atomic E-state index is 0.0989. The molecule has 2 heterocycles. The van der Waals surface area contributed by atoms with Crippen molar-refractivity contribution in [2.45, 2.75) is 20.0 Å². The number of benzene rings is 3. The van der Waals surface area contributed by atoms with Crippen LogP contribution in [0.25, 0.3) is 10.8 Å². The van der Waals surface area contributed by atoms with Gasteiger partial charge in [-0.1, -0.05) is 48.5 Å². The van der Waals surface area contributed by atoms with Crippen molar-refractivity contribution in [3.8, 4) is 11.5 Å². The molecule has 7 heteroatoms. The molecule has 37 heavy (non-hydrogen) atoms. The summed E-state index contributed by atoms with van der Waals surface area (Å²) in [5.74, 6) is 2.34. The molecule has 1 aromatic heterocycles. The standard InChI is InChI=1S/C30H28N2O5/c1-3-15-31(30(34)26-10-6-8-23-7-4-5-9-25(23)26)19-29(33)32(18-24-13-11-21(2)37-24)17-22-12-14-27-28(16-22)36-20-35-27/h3-14,16H,1,15,17-20H2,2H3. The summed E-state index contributed by atoms with van der Waals surface area (Å²) in [6.07, 6.45) is 1.63. The largest absolute Gasteiger partial charge is 0.464 e. The summed E-state index contributed by atoms with van der Waals surface area (Å²) < 4.78 is 16.7. The molecule has 0 saturated heterocycles. The first-order valence-electron chi connectivity index (χ1n) is 12.1. The maximum absolute atomic E-state index is 13.7. The van der Waals surface area contributed by atoms with Crippen LogP contribution in [0.1, 0.15) is 27.4 Å². The van der Waals surface area contributed by atoms with E-state index in [-0.39, 0.29) is 38.2 Å². The van der Waals surface area contributed by atoms with Crippen LogP contribution in [0.2, 0.25) is 0 Å². The molecule has 1 aliphatic heterocycles. The molecule has 5 rings (SSSR count). The zero-order valence-electron chi connectivity index (χ0n) is 20.7. The number of furan rings is 1. The van der Waals surface area contributed by atoms with Crippen molar-refractivity contribution in [2.24, 2.45) is 0 Å². The first-order valence-corrected chi connectivity index (χ1v) is 12.1. The molecule has 0 unspecified atom stereocenters. The Morgan fingerprint density at radius 2 is 1.73 bits per heavy atom. The zero-order chi connectivity index (χ0) is 25.8. The summed E-state index contributed by atoms with van der Waals surface area (Å²) in [7, 11) is 0. The molecule has 0 atom stereocenters. The lowest BCUT2D eigenvalue weighted by molar-refractivity contribution is -0.133. The predicted octanol–water partition coefficient (Wildman–Crippen LogP) is 5.33. The van der Waals surface area contributed by atoms with E-state index in [1.165, 1.54) is 4.90 Å². The van der Waals surface area contributed by atoms with Gasteiger partial charge in [0.2, 0.25) is 12.7 Å². The number of carbonyl (C=O) groups is 2. The van der Waals surface area contributed by atoms with Crippen LogP contribution in [0.5, 0.6) is 11.5 Å². The second-order valence-corrected chi connectivity index (χ2v) is 8.95. The first kappa shape index (κ1) is 24.2. The van der Waals surface area contributed by atoms with Crippen LogP contribution in [0.3, 0.4) is 0 Å². The molecule has 3 aromatic carbocycles. The van der Waals surface area contributed by atoms with E-state index in [0.717, 1.165) is 22.1 Å². The van der Waals surface area contributed by atoms with E-state index in [1.54, 1.807) is 17.0 Å². The Hall–Kier alpha value is -4.52. The minimum Gasteiger partial charge on any atom is -0.464 e. The predicted molar refractivity (Wildman–Crippen MR) is 140 cm³/mol. The molecule has 0 saturated carbocycles. The molecule has 7 nitrogen and oxygen atoms in total. The van der Waals surface area contributed by atoms with Gasteiger partial charge in [0.15, 0.2) is 11.5 Å². The second-order valence-electron chi connectivity index (χ2n) is 8.95. The maximum Gasteiger partial charge on any atom is 0.255 e. The van der Waals surface area contributed by atoms with Crippen molar-refractivity contribution in [3.63, 3.8) is 0 Å². The fourth-order valence-electron chi connectivity index (χ4n) is 4.47. The van der Waals surface area contributed by atoms with Gasteiger partial charge in [-0.25, -0.2) is 0 Å². The second kappa shape index (κ2) is 10.6. The molecule has 188 valence electrons. The van der Waals surface area contributed by atoms with Crippen molar-refractivity contribution in [2.75, 3.05) is 19.9 Å². The Bertz CT molecular complexity index is 1450. The third-order valence-electron chi connectivity index (χ3n) is 6.29. The van der Waals surface area contributed by atoms with Gasteiger partial charge >= 0.3 is 0 Å². The number of nitrogens with zero attached hydrogens (tertiary/aromatic N) is 2. The van der Waals surface area contributed by atoms with Crippen LogP contribution < -0.4 is 9.47 Å². The molecule has 0 radical (unpaired) electrons. The van der Waals surface area contributed by atoms with Gasteiger partial charge < -0.3 is 23.7 Å². The molecule has 4 aromatic rings. The number of fused-ring (bicyclic) bond motifs is 2. The molecule has 2 amide bonds. The fraction of sp³-hybridized carbons (Fsp3) is 0.200. The number of amides is 2. The average Bonchev–Trinajstić information content (AvgIpc) is 3.55. The van der Waals surface area contributed by atoms with E-state index < -0.39 is 0 Å². The number of aryl methyl sites for hydroxylation is 1. The van der Waals surface area contributed by atoms with Crippen molar-refractivity contribution >= 4 is 22.6 Å². The van der Waals surface area contributed by atoms with E-state index >= 15 is 0 Å². The minimum atomic E-state index is -0.220. The van der Waals surface area contributed by atoms with Gasteiger partial charge in [-0.3, -0.25) is 9.59 Å². The molecular weight excluding hydrogens is 468 g/mol. The summed E-state index contributed by atoms with van der Waals surface area (Å²) in [5.41, 5.74) is 1.44. The van der Waals surface area contributed by atoms with Crippen LogP contribution >= 0.6 is 0 Å². The highest BCUT2D eigenvalue weighted by molar-refractivity contribution is 6.07. The lowest BCUT2D eigenvalue weighted by Crippen LogP contribution is -2.42. The van der Waals surface area contributed by atoms with Crippen LogP contribution in [-0.2, 0) is 17.9 Å². The van der Waals surface area contributed by atoms with Gasteiger partial charge in [-0.05, 0) is 53.6 Å². The monoisotopic (exact) mass is 496 g/mol. The smallest absolute Gasteiger partial charge is 0.255 e. The van der Waals surface area contributed by atoms with Crippen LogP contribution in [-0.4, -0.2) is 41.5 Å².